The van der Waals surface area contributed by atoms with Gasteiger partial charge in [-0.15, -0.1) is 0 Å². The molecular formula is C78H63BN6O. The van der Waals surface area contributed by atoms with Crippen LogP contribution in [0.3, 0.4) is 0 Å². The number of nitrogens with zero attached hydrogens (tertiary/aromatic N) is 6. The molecule has 86 heavy (non-hydrogen) atoms. The molecule has 2 aliphatic rings. The van der Waals surface area contributed by atoms with Crippen molar-refractivity contribution >= 4 is 84.3 Å². The number of aromatic nitrogens is 4. The molecule has 16 rings (SSSR count). The number of hydrogen-bond acceptors (Lipinski definition) is 5. The van der Waals surface area contributed by atoms with Crippen LogP contribution in [-0.4, -0.2) is 25.9 Å². The molecule has 6 heterocycles. The summed E-state index contributed by atoms with van der Waals surface area (Å²) < 4.78 is 11.9. The number of pyridine rings is 2. The van der Waals surface area contributed by atoms with E-state index in [9.17, 15) is 0 Å². The molecule has 14 aromatic rings. The quantitative estimate of drug-likeness (QED) is 0.106. The van der Waals surface area contributed by atoms with E-state index in [0.29, 0.717) is 0 Å². The van der Waals surface area contributed by atoms with Crippen LogP contribution in [0, 0.1) is 0 Å². The third kappa shape index (κ3) is 7.75. The number of rotatable bonds is 9. The summed E-state index contributed by atoms with van der Waals surface area (Å²) in [7, 11) is 0. The number of anilines is 4. The number of para-hydroxylation sites is 5. The van der Waals surface area contributed by atoms with Crippen molar-refractivity contribution in [3.63, 3.8) is 0 Å². The van der Waals surface area contributed by atoms with E-state index in [1.54, 1.807) is 0 Å². The Morgan fingerprint density at radius 2 is 1.01 bits per heavy atom. The van der Waals surface area contributed by atoms with E-state index in [1.165, 1.54) is 27.7 Å². The first-order valence-corrected chi connectivity index (χ1v) is 30.0. The summed E-state index contributed by atoms with van der Waals surface area (Å²) in [5, 5.41) is 5.63. The summed E-state index contributed by atoms with van der Waals surface area (Å²) in [5.41, 5.74) is 19.9. The molecule has 0 amide bonds. The second-order valence-corrected chi connectivity index (χ2v) is 25.4. The van der Waals surface area contributed by atoms with Crippen LogP contribution in [0.1, 0.15) is 65.3 Å². The first kappa shape index (κ1) is 51.5. The molecule has 0 saturated heterocycles. The van der Waals surface area contributed by atoms with Gasteiger partial charge in [-0.25, -0.2) is 9.97 Å². The lowest BCUT2D eigenvalue weighted by atomic mass is 9.60. The molecule has 414 valence electrons. The molecule has 0 bridgehead atoms. The zero-order valence-electron chi connectivity index (χ0n) is 49.4. The van der Waals surface area contributed by atoms with Crippen molar-refractivity contribution in [2.75, 3.05) is 9.62 Å². The number of ether oxygens (including phenoxy) is 1. The van der Waals surface area contributed by atoms with Gasteiger partial charge in [0, 0.05) is 72.7 Å². The van der Waals surface area contributed by atoms with E-state index in [1.807, 2.05) is 6.20 Å². The molecule has 0 N–H and O–H groups in total. The van der Waals surface area contributed by atoms with Gasteiger partial charge in [0.1, 0.15) is 23.0 Å². The summed E-state index contributed by atoms with van der Waals surface area (Å²) in [6.07, 6.45) is 1.95. The van der Waals surface area contributed by atoms with Crippen LogP contribution in [-0.2, 0) is 16.2 Å². The van der Waals surface area contributed by atoms with E-state index in [2.05, 4.69) is 316 Å². The van der Waals surface area contributed by atoms with Gasteiger partial charge in [0.15, 0.2) is 0 Å². The highest BCUT2D eigenvalue weighted by atomic mass is 16.5. The highest BCUT2D eigenvalue weighted by Crippen LogP contribution is 2.55. The van der Waals surface area contributed by atoms with Gasteiger partial charge in [0.05, 0.1) is 39.3 Å². The Hall–Kier alpha value is -10.2. The second-order valence-electron chi connectivity index (χ2n) is 25.4. The van der Waals surface area contributed by atoms with Crippen LogP contribution >= 0.6 is 0 Å². The van der Waals surface area contributed by atoms with Crippen LogP contribution in [0.4, 0.5) is 22.7 Å². The highest BCUT2D eigenvalue weighted by Gasteiger charge is 2.49. The average molecular weight is 1110 g/mol. The lowest BCUT2D eigenvalue weighted by Crippen LogP contribution is -2.53. The Bertz CT molecular complexity index is 4930. The van der Waals surface area contributed by atoms with Gasteiger partial charge < -0.3 is 14.4 Å². The Kier molecular flexibility index (Phi) is 11.5. The lowest BCUT2D eigenvalue weighted by molar-refractivity contribution is 0.289. The first-order chi connectivity index (χ1) is 41.8. The fourth-order valence-electron chi connectivity index (χ4n) is 14.1. The van der Waals surface area contributed by atoms with Crippen LogP contribution in [0.15, 0.2) is 255 Å². The molecule has 0 radical (unpaired) electrons. The van der Waals surface area contributed by atoms with E-state index in [0.717, 1.165) is 117 Å². The smallest absolute Gasteiger partial charge is 0.420 e. The fourth-order valence-corrected chi connectivity index (χ4v) is 14.1. The first-order valence-electron chi connectivity index (χ1n) is 30.0. The number of benzene rings is 10. The number of hydrogen-bond donors (Lipinski definition) is 0. The molecule has 0 spiro atoms. The molecule has 0 unspecified atom stereocenters. The van der Waals surface area contributed by atoms with Crippen LogP contribution in [0.2, 0.25) is 0 Å². The summed E-state index contributed by atoms with van der Waals surface area (Å²) in [6, 6.07) is 90.3. The second kappa shape index (κ2) is 19.2. The Labute approximate surface area is 502 Å². The summed E-state index contributed by atoms with van der Waals surface area (Å²) in [4.78, 5) is 15.9. The zero-order chi connectivity index (χ0) is 58.2. The third-order valence-electron chi connectivity index (χ3n) is 19.1. The Morgan fingerprint density at radius 1 is 0.442 bits per heavy atom. The maximum absolute atomic E-state index is 7.13. The van der Waals surface area contributed by atoms with Crippen molar-refractivity contribution in [3.8, 4) is 50.8 Å². The van der Waals surface area contributed by atoms with Crippen molar-refractivity contribution in [1.29, 1.82) is 0 Å². The minimum Gasteiger partial charge on any atom is -0.457 e. The number of imidazole rings is 1. The third-order valence-corrected chi connectivity index (χ3v) is 19.1. The maximum atomic E-state index is 7.13. The molecular weight excluding hydrogens is 1050 g/mol. The largest absolute Gasteiger partial charge is 0.457 e. The Morgan fingerprint density at radius 3 is 1.64 bits per heavy atom. The summed E-state index contributed by atoms with van der Waals surface area (Å²) >= 11 is 0. The van der Waals surface area contributed by atoms with Crippen molar-refractivity contribution in [2.45, 2.75) is 64.7 Å². The minimum absolute atomic E-state index is 0.106. The van der Waals surface area contributed by atoms with Crippen LogP contribution < -0.4 is 19.8 Å². The zero-order valence-corrected chi connectivity index (χ0v) is 49.4. The van der Waals surface area contributed by atoms with Crippen molar-refractivity contribution in [2.24, 2.45) is 0 Å². The molecule has 2 aliphatic heterocycles. The molecule has 7 nitrogen and oxygen atoms in total. The van der Waals surface area contributed by atoms with Crippen LogP contribution in [0.5, 0.6) is 11.5 Å². The van der Waals surface area contributed by atoms with E-state index in [-0.39, 0.29) is 23.2 Å². The lowest BCUT2D eigenvalue weighted by Gasteiger charge is -2.46. The van der Waals surface area contributed by atoms with Gasteiger partial charge in [-0.2, -0.15) is 0 Å². The van der Waals surface area contributed by atoms with Gasteiger partial charge in [-0.1, -0.05) is 218 Å². The molecule has 10 aromatic carbocycles. The van der Waals surface area contributed by atoms with Gasteiger partial charge in [-0.05, 0) is 111 Å². The van der Waals surface area contributed by atoms with Gasteiger partial charge in [-0.3, -0.25) is 8.97 Å². The Balaban J connectivity index is 0.895. The molecule has 8 heteroatoms. The molecule has 0 atom stereocenters. The van der Waals surface area contributed by atoms with Crippen molar-refractivity contribution < 1.29 is 4.74 Å². The number of fused-ring (bicyclic) bond motifs is 7. The van der Waals surface area contributed by atoms with E-state index in [4.69, 9.17) is 14.7 Å². The minimum atomic E-state index is -0.306. The van der Waals surface area contributed by atoms with Crippen LogP contribution in [0.25, 0.3) is 88.5 Å². The highest BCUT2D eigenvalue weighted by molar-refractivity contribution is 6.84. The van der Waals surface area contributed by atoms with Gasteiger partial charge in [0.25, 0.3) is 0 Å². The standard InChI is InChI=1S/C78H63BN6O/c1-76(2,3)53-44-45-80-71(46-53)82-65-43-38-54(79-84(66-34-19-17-30-57(66)50-24-11-8-12-25-50)68-36-21-22-37-69(68)85(79)67-35-20-18-31-58(67)51-26-13-9-14-27-51)47-62(65)60-42-40-56(49-70(60)82)86-55-39-41-59-61-32-23-33-64-73(61)83-74(78(6,7)77(64,4)5)72(52-28-15-10-16-29-52)81-75(83)63(59)48-55/h8-49H,1-7H3. The predicted molar refractivity (Wildman–Crippen MR) is 359 cm³/mol. The average Bonchev–Trinajstić information content (AvgIpc) is 1.38. The van der Waals surface area contributed by atoms with E-state index < -0.39 is 0 Å². The SMILES string of the molecule is CC(C)(C)c1ccnc(-n2c3ccc(B4N(c5ccccc5-c5ccccc5)c5ccccc5N4c4ccccc4-c4ccccc4)cc3c3ccc(Oc4ccc5c(c4)c4nc(-c6ccccc6)c6n4c4c(cccc54)C(C)(C)C6(C)C)cc32)c1. The normalized spacial score (nSPS) is 14.3. The predicted octanol–water partition coefficient (Wildman–Crippen LogP) is 19.5. The van der Waals surface area contributed by atoms with Crippen molar-refractivity contribution in [1.82, 2.24) is 18.9 Å². The summed E-state index contributed by atoms with van der Waals surface area (Å²) in [5.74, 6) is 2.31. The van der Waals surface area contributed by atoms with Gasteiger partial charge >= 0.3 is 6.98 Å². The molecule has 0 fully saturated rings. The topological polar surface area (TPSA) is 50.8 Å². The molecule has 0 aliphatic carbocycles. The van der Waals surface area contributed by atoms with Crippen molar-refractivity contribution in [3.05, 3.63) is 272 Å². The summed E-state index contributed by atoms with van der Waals surface area (Å²) in [6.45, 7) is 16.0. The molecule has 4 aromatic heterocycles. The maximum Gasteiger partial charge on any atom is 0.420 e. The van der Waals surface area contributed by atoms with E-state index >= 15 is 0 Å². The molecule has 0 saturated carbocycles. The fraction of sp³-hybridized carbons (Fsp3) is 0.128. The monoisotopic (exact) mass is 1110 g/mol. The van der Waals surface area contributed by atoms with Gasteiger partial charge in [0.2, 0.25) is 0 Å².